The lowest BCUT2D eigenvalue weighted by molar-refractivity contribution is 0.0967. The third-order valence-electron chi connectivity index (χ3n) is 2.77. The highest BCUT2D eigenvalue weighted by atomic mass is 16.5. The number of rotatable bonds is 3. The van der Waals surface area contributed by atoms with E-state index in [0.717, 1.165) is 17.0 Å². The summed E-state index contributed by atoms with van der Waals surface area (Å²) in [5.41, 5.74) is 1.78. The summed E-state index contributed by atoms with van der Waals surface area (Å²) in [6, 6.07) is 7.51. The zero-order valence-electron chi connectivity index (χ0n) is 11.3. The zero-order valence-corrected chi connectivity index (χ0v) is 11.3. The van der Waals surface area contributed by atoms with Crippen molar-refractivity contribution < 1.29 is 9.53 Å². The second kappa shape index (κ2) is 5.52. The van der Waals surface area contributed by atoms with Gasteiger partial charge in [0.2, 0.25) is 0 Å². The predicted molar refractivity (Wildman–Crippen MR) is 74.4 cm³/mol. The second-order valence-electron chi connectivity index (χ2n) is 4.24. The maximum Gasteiger partial charge on any atom is 0.256 e. The first-order chi connectivity index (χ1) is 9.10. The van der Waals surface area contributed by atoms with Crippen LogP contribution < -0.4 is 4.74 Å². The van der Waals surface area contributed by atoms with Crippen LogP contribution in [0.15, 0.2) is 36.5 Å². The number of aromatic nitrogens is 2. The number of imidazole rings is 1. The Morgan fingerprint density at radius 1 is 1.26 bits per heavy atom. The molecule has 0 spiro atoms. The average molecular weight is 256 g/mol. The number of aryl methyl sites for hydroxylation is 2. The maximum absolute atomic E-state index is 12.0. The van der Waals surface area contributed by atoms with E-state index in [1.807, 2.05) is 38.1 Å². The summed E-state index contributed by atoms with van der Waals surface area (Å²) < 4.78 is 6.62. The molecule has 1 aromatic heterocycles. The lowest BCUT2D eigenvalue weighted by Gasteiger charge is -2.00. The molecular weight excluding hydrogens is 240 g/mol. The molecule has 0 aliphatic heterocycles. The summed E-state index contributed by atoms with van der Waals surface area (Å²) in [5, 5.41) is 0. The first-order valence-electron chi connectivity index (χ1n) is 5.99. The molecule has 2 aromatic rings. The predicted octanol–water partition coefficient (Wildman–Crippen LogP) is 2.86. The Hall–Kier alpha value is -2.36. The van der Waals surface area contributed by atoms with Crippen LogP contribution in [0, 0.1) is 13.8 Å². The molecular formula is C15H16N2O2. The van der Waals surface area contributed by atoms with E-state index in [1.54, 1.807) is 19.4 Å². The van der Waals surface area contributed by atoms with Gasteiger partial charge in [0.1, 0.15) is 11.6 Å². The summed E-state index contributed by atoms with van der Waals surface area (Å²) in [5.74, 6) is 1.39. The smallest absolute Gasteiger partial charge is 0.256 e. The Balaban J connectivity index is 2.13. The fourth-order valence-electron chi connectivity index (χ4n) is 1.80. The molecule has 0 unspecified atom stereocenters. The molecule has 19 heavy (non-hydrogen) atoms. The monoisotopic (exact) mass is 256 g/mol. The molecule has 0 saturated heterocycles. The summed E-state index contributed by atoms with van der Waals surface area (Å²) in [6.45, 7) is 3.68. The van der Waals surface area contributed by atoms with Gasteiger partial charge in [0.15, 0.2) is 0 Å². The van der Waals surface area contributed by atoms with Gasteiger partial charge in [-0.2, -0.15) is 0 Å². The van der Waals surface area contributed by atoms with E-state index in [-0.39, 0.29) is 5.91 Å². The minimum atomic E-state index is -0.103. The highest BCUT2D eigenvalue weighted by Gasteiger charge is 2.05. The van der Waals surface area contributed by atoms with E-state index >= 15 is 0 Å². The van der Waals surface area contributed by atoms with Crippen molar-refractivity contribution >= 4 is 12.0 Å². The van der Waals surface area contributed by atoms with E-state index in [2.05, 4.69) is 4.98 Å². The Bertz CT molecular complexity index is 610. The molecule has 1 aromatic carbocycles. The van der Waals surface area contributed by atoms with Gasteiger partial charge in [0.05, 0.1) is 12.8 Å². The largest absolute Gasteiger partial charge is 0.497 e. The quantitative estimate of drug-likeness (QED) is 0.793. The standard InChI is InChI=1S/C15H16N2O2/c1-11-10-17(12(2)16-11)15(18)9-6-13-4-7-14(19-3)8-5-13/h4-10H,1-3H3/b9-6+. The van der Waals surface area contributed by atoms with Gasteiger partial charge in [-0.15, -0.1) is 0 Å². The number of methoxy groups -OCH3 is 1. The van der Waals surface area contributed by atoms with Crippen LogP contribution in [0.3, 0.4) is 0 Å². The van der Waals surface area contributed by atoms with Gasteiger partial charge < -0.3 is 4.74 Å². The van der Waals surface area contributed by atoms with Crippen molar-refractivity contribution in [2.75, 3.05) is 7.11 Å². The molecule has 0 radical (unpaired) electrons. The van der Waals surface area contributed by atoms with Crippen molar-refractivity contribution in [2.45, 2.75) is 13.8 Å². The number of carbonyl (C=O) groups excluding carboxylic acids is 1. The number of hydrogen-bond acceptors (Lipinski definition) is 3. The lowest BCUT2D eigenvalue weighted by atomic mass is 10.2. The lowest BCUT2D eigenvalue weighted by Crippen LogP contribution is -2.07. The molecule has 0 N–H and O–H groups in total. The fourth-order valence-corrected chi connectivity index (χ4v) is 1.80. The Morgan fingerprint density at radius 2 is 1.95 bits per heavy atom. The molecule has 0 saturated carbocycles. The molecule has 0 aliphatic rings. The third-order valence-corrected chi connectivity index (χ3v) is 2.77. The van der Waals surface area contributed by atoms with Crippen molar-refractivity contribution in [3.63, 3.8) is 0 Å². The van der Waals surface area contributed by atoms with Crippen LogP contribution in [0.5, 0.6) is 5.75 Å². The molecule has 2 rings (SSSR count). The molecule has 0 aliphatic carbocycles. The van der Waals surface area contributed by atoms with Crippen molar-refractivity contribution in [1.29, 1.82) is 0 Å². The molecule has 0 fully saturated rings. The number of carbonyl (C=O) groups is 1. The van der Waals surface area contributed by atoms with E-state index in [4.69, 9.17) is 4.74 Å². The van der Waals surface area contributed by atoms with Crippen molar-refractivity contribution in [1.82, 2.24) is 9.55 Å². The van der Waals surface area contributed by atoms with Gasteiger partial charge in [-0.1, -0.05) is 12.1 Å². The van der Waals surface area contributed by atoms with E-state index in [1.165, 1.54) is 10.6 Å². The number of ether oxygens (including phenoxy) is 1. The number of nitrogens with zero attached hydrogens (tertiary/aromatic N) is 2. The summed E-state index contributed by atoms with van der Waals surface area (Å²) >= 11 is 0. The SMILES string of the molecule is COc1ccc(/C=C/C(=O)n2cc(C)nc2C)cc1. The topological polar surface area (TPSA) is 44.1 Å². The van der Waals surface area contributed by atoms with Crippen molar-refractivity contribution in [3.05, 3.63) is 53.6 Å². The van der Waals surface area contributed by atoms with Gasteiger partial charge in [-0.05, 0) is 37.6 Å². The first-order valence-corrected chi connectivity index (χ1v) is 5.99. The van der Waals surface area contributed by atoms with E-state index in [0.29, 0.717) is 5.82 Å². The highest BCUT2D eigenvalue weighted by molar-refractivity contribution is 5.94. The van der Waals surface area contributed by atoms with Gasteiger partial charge in [-0.3, -0.25) is 9.36 Å². The van der Waals surface area contributed by atoms with Crippen LogP contribution in [0.1, 0.15) is 21.9 Å². The minimum Gasteiger partial charge on any atom is -0.497 e. The molecule has 4 heteroatoms. The summed E-state index contributed by atoms with van der Waals surface area (Å²) in [7, 11) is 1.62. The van der Waals surface area contributed by atoms with Crippen LogP contribution in [-0.2, 0) is 0 Å². The molecule has 4 nitrogen and oxygen atoms in total. The number of hydrogen-bond donors (Lipinski definition) is 0. The Morgan fingerprint density at radius 3 is 2.47 bits per heavy atom. The second-order valence-corrected chi connectivity index (χ2v) is 4.24. The van der Waals surface area contributed by atoms with Gasteiger partial charge in [0.25, 0.3) is 5.91 Å². The first kappa shape index (κ1) is 13.1. The average Bonchev–Trinajstić information content (AvgIpc) is 2.75. The van der Waals surface area contributed by atoms with Gasteiger partial charge >= 0.3 is 0 Å². The van der Waals surface area contributed by atoms with Gasteiger partial charge in [-0.25, -0.2) is 4.98 Å². The van der Waals surface area contributed by atoms with Crippen molar-refractivity contribution in [3.8, 4) is 5.75 Å². The molecule has 98 valence electrons. The third kappa shape index (κ3) is 3.10. The fraction of sp³-hybridized carbons (Fsp3) is 0.200. The molecule has 1 heterocycles. The molecule has 0 amide bonds. The molecule has 0 bridgehead atoms. The normalized spacial score (nSPS) is 10.9. The summed E-state index contributed by atoms with van der Waals surface area (Å²) in [6.07, 6.45) is 5.04. The van der Waals surface area contributed by atoms with Crippen LogP contribution in [0.25, 0.3) is 6.08 Å². The minimum absolute atomic E-state index is 0.103. The zero-order chi connectivity index (χ0) is 13.8. The van der Waals surface area contributed by atoms with E-state index < -0.39 is 0 Å². The van der Waals surface area contributed by atoms with Crippen LogP contribution in [-0.4, -0.2) is 22.6 Å². The van der Waals surface area contributed by atoms with Crippen LogP contribution >= 0.6 is 0 Å². The van der Waals surface area contributed by atoms with Crippen LogP contribution in [0.2, 0.25) is 0 Å². The number of allylic oxidation sites excluding steroid dienone is 1. The van der Waals surface area contributed by atoms with Gasteiger partial charge in [0, 0.05) is 12.3 Å². The summed E-state index contributed by atoms with van der Waals surface area (Å²) in [4.78, 5) is 16.2. The maximum atomic E-state index is 12.0. The van der Waals surface area contributed by atoms with Crippen molar-refractivity contribution in [2.24, 2.45) is 0 Å². The highest BCUT2D eigenvalue weighted by Crippen LogP contribution is 2.12. The van der Waals surface area contributed by atoms with Crippen LogP contribution in [0.4, 0.5) is 0 Å². The number of benzene rings is 1. The van der Waals surface area contributed by atoms with E-state index in [9.17, 15) is 4.79 Å². The Labute approximate surface area is 112 Å². The Kier molecular flexibility index (Phi) is 3.80. The molecule has 0 atom stereocenters.